The minimum atomic E-state index is -0.167. The summed E-state index contributed by atoms with van der Waals surface area (Å²) in [6.45, 7) is 11.4. The summed E-state index contributed by atoms with van der Waals surface area (Å²) in [4.78, 5) is 24.9. The molecule has 0 amide bonds. The fourth-order valence-corrected chi connectivity index (χ4v) is 0.249. The average molecular weight is 291 g/mol. The predicted molar refractivity (Wildman–Crippen MR) is 69.7 cm³/mol. The number of hydrogen-bond acceptors (Lipinski definition) is 5. The maximum Gasteiger partial charge on any atom is 3.00 e. The molecule has 0 spiro atoms. The third-order valence-electron chi connectivity index (χ3n) is 0.669. The molecular formula is C12H23N2O3Ti. The van der Waals surface area contributed by atoms with Crippen molar-refractivity contribution in [2.45, 2.75) is 32.8 Å². The molecule has 0 heterocycles. The zero-order chi connectivity index (χ0) is 13.2. The van der Waals surface area contributed by atoms with Crippen LogP contribution in [-0.4, -0.2) is 36.5 Å². The van der Waals surface area contributed by atoms with Gasteiger partial charge in [-0.05, 0) is 13.8 Å². The zero-order valence-corrected chi connectivity index (χ0v) is 13.0. The Balaban J connectivity index is -0.0000000454. The largest absolute Gasteiger partial charge is 3.00 e. The first-order valence-electron chi connectivity index (χ1n) is 4.90. The molecule has 0 atom stereocenters. The molecule has 103 valence electrons. The predicted octanol–water partition coefficient (Wildman–Crippen LogP) is 1.93. The first-order chi connectivity index (χ1) is 7.56. The van der Waals surface area contributed by atoms with Gasteiger partial charge in [-0.1, -0.05) is 0 Å². The minimum absolute atomic E-state index is 0. The van der Waals surface area contributed by atoms with Crippen LogP contribution in [0.4, 0.5) is 0 Å². The van der Waals surface area contributed by atoms with Gasteiger partial charge < -0.3 is 26.4 Å². The standard InChI is InChI=1S/2C4H6NO.C3H8O.CH3.Ti/c2*1-2-3-5-4-6;1-3(2)4;;/h2*1-3H2;3-4H,1-2H3;1H3;/q2*-1;;-1;+3. The van der Waals surface area contributed by atoms with Crippen LogP contribution in [0.3, 0.4) is 0 Å². The van der Waals surface area contributed by atoms with E-state index in [1.54, 1.807) is 13.8 Å². The van der Waals surface area contributed by atoms with Gasteiger partial charge in [-0.25, -0.2) is 19.6 Å². The summed E-state index contributed by atoms with van der Waals surface area (Å²) in [7, 11) is 0. The van der Waals surface area contributed by atoms with Crippen LogP contribution in [0.1, 0.15) is 26.7 Å². The molecule has 0 aromatic carbocycles. The summed E-state index contributed by atoms with van der Waals surface area (Å²) in [5, 5.41) is 8.06. The van der Waals surface area contributed by atoms with Gasteiger partial charge in [-0.15, -0.1) is 0 Å². The molecule has 0 aliphatic heterocycles. The summed E-state index contributed by atoms with van der Waals surface area (Å²) in [5.74, 6) is 0. The Morgan fingerprint density at radius 3 is 1.33 bits per heavy atom. The quantitative estimate of drug-likeness (QED) is 0.372. The molecule has 0 aliphatic carbocycles. The van der Waals surface area contributed by atoms with Gasteiger partial charge in [-0.2, -0.15) is 12.8 Å². The average Bonchev–Trinajstić information content (AvgIpc) is 2.23. The van der Waals surface area contributed by atoms with E-state index < -0.39 is 0 Å². The van der Waals surface area contributed by atoms with Crippen LogP contribution in [0.5, 0.6) is 0 Å². The van der Waals surface area contributed by atoms with Crippen LogP contribution in [0.25, 0.3) is 0 Å². The molecule has 0 unspecified atom stereocenters. The molecule has 0 rings (SSSR count). The number of rotatable bonds is 4. The third-order valence-corrected chi connectivity index (χ3v) is 0.669. The molecule has 18 heavy (non-hydrogen) atoms. The second-order valence-corrected chi connectivity index (χ2v) is 2.75. The van der Waals surface area contributed by atoms with Crippen molar-refractivity contribution in [3.05, 3.63) is 21.3 Å². The van der Waals surface area contributed by atoms with Crippen molar-refractivity contribution < 1.29 is 36.4 Å². The van der Waals surface area contributed by atoms with Crippen LogP contribution in [0.15, 0.2) is 9.98 Å². The molecule has 0 fully saturated rings. The van der Waals surface area contributed by atoms with Crippen molar-refractivity contribution in [3.8, 4) is 0 Å². The molecule has 0 aliphatic rings. The van der Waals surface area contributed by atoms with E-state index in [0.717, 1.165) is 0 Å². The molecule has 1 radical (unpaired) electrons. The van der Waals surface area contributed by atoms with E-state index in [1.165, 1.54) is 12.2 Å². The number of isocyanates is 2. The summed E-state index contributed by atoms with van der Waals surface area (Å²) >= 11 is 0. The number of aliphatic imine (C=N–C) groups is 2. The second kappa shape index (κ2) is 36.0. The SMILES string of the molecule is CC(C)O.[CH2-]CCN=C=O.[CH2-]CCN=C=O.[CH3-].[Ti+3]. The third kappa shape index (κ3) is 109. The van der Waals surface area contributed by atoms with Crippen molar-refractivity contribution >= 4 is 12.2 Å². The van der Waals surface area contributed by atoms with E-state index in [9.17, 15) is 9.59 Å². The molecule has 1 N–H and O–H groups in total. The Morgan fingerprint density at radius 2 is 1.28 bits per heavy atom. The number of nitrogens with zero attached hydrogens (tertiary/aromatic N) is 2. The van der Waals surface area contributed by atoms with Crippen molar-refractivity contribution in [2.24, 2.45) is 9.98 Å². The van der Waals surface area contributed by atoms with E-state index in [-0.39, 0.29) is 35.2 Å². The maximum absolute atomic E-state index is 9.24. The van der Waals surface area contributed by atoms with Crippen LogP contribution >= 0.6 is 0 Å². The van der Waals surface area contributed by atoms with Crippen molar-refractivity contribution in [3.63, 3.8) is 0 Å². The fourth-order valence-electron chi connectivity index (χ4n) is 0.249. The van der Waals surface area contributed by atoms with Gasteiger partial charge >= 0.3 is 21.7 Å². The number of aliphatic hydroxyl groups excluding tert-OH is 1. The van der Waals surface area contributed by atoms with Crippen LogP contribution in [-0.2, 0) is 31.3 Å². The van der Waals surface area contributed by atoms with Crippen molar-refractivity contribution in [1.82, 2.24) is 0 Å². The molecule has 0 aromatic rings. The number of hydrogen-bond donors (Lipinski definition) is 1. The summed E-state index contributed by atoms with van der Waals surface area (Å²) < 4.78 is 0. The van der Waals surface area contributed by atoms with Gasteiger partial charge in [0, 0.05) is 19.2 Å². The van der Waals surface area contributed by atoms with Gasteiger partial charge in [0.25, 0.3) is 0 Å². The Morgan fingerprint density at radius 1 is 1.06 bits per heavy atom. The van der Waals surface area contributed by atoms with Crippen molar-refractivity contribution in [1.29, 1.82) is 0 Å². The summed E-state index contributed by atoms with van der Waals surface area (Å²) in [6, 6.07) is 0. The molecule has 6 heteroatoms. The van der Waals surface area contributed by atoms with Gasteiger partial charge in [-0.3, -0.25) is 0 Å². The Hall–Kier alpha value is -0.566. The molecular weight excluding hydrogens is 268 g/mol. The van der Waals surface area contributed by atoms with E-state index in [1.807, 2.05) is 0 Å². The van der Waals surface area contributed by atoms with Gasteiger partial charge in [0.2, 0.25) is 12.2 Å². The molecule has 0 bridgehead atoms. The maximum atomic E-state index is 9.24. The van der Waals surface area contributed by atoms with Gasteiger partial charge in [0.05, 0.1) is 0 Å². The first kappa shape index (κ1) is 30.5. The van der Waals surface area contributed by atoms with Crippen LogP contribution < -0.4 is 0 Å². The molecule has 5 nitrogen and oxygen atoms in total. The second-order valence-electron chi connectivity index (χ2n) is 2.75. The zero-order valence-electron chi connectivity index (χ0n) is 11.5. The van der Waals surface area contributed by atoms with E-state index >= 15 is 0 Å². The number of aliphatic hydroxyl groups is 1. The van der Waals surface area contributed by atoms with E-state index in [0.29, 0.717) is 25.9 Å². The van der Waals surface area contributed by atoms with Crippen LogP contribution in [0, 0.1) is 21.3 Å². The van der Waals surface area contributed by atoms with E-state index in [2.05, 4.69) is 23.8 Å². The van der Waals surface area contributed by atoms with Crippen LogP contribution in [0.2, 0.25) is 0 Å². The molecule has 0 aromatic heterocycles. The Bertz CT molecular complexity index is 189. The normalized spacial score (nSPS) is 6.56. The summed E-state index contributed by atoms with van der Waals surface area (Å²) in [6.07, 6.45) is 3.99. The van der Waals surface area contributed by atoms with E-state index in [4.69, 9.17) is 5.11 Å². The molecule has 0 saturated heterocycles. The Kier molecular flexibility index (Phi) is 60.8. The number of carbonyl (C=O) groups excluding carboxylic acids is 2. The van der Waals surface area contributed by atoms with Gasteiger partial charge in [0.15, 0.2) is 0 Å². The monoisotopic (exact) mass is 291 g/mol. The Labute approximate surface area is 126 Å². The minimum Gasteiger partial charge on any atom is -0.394 e. The van der Waals surface area contributed by atoms with Gasteiger partial charge in [0.1, 0.15) is 0 Å². The fraction of sp³-hybridized carbons (Fsp3) is 0.583. The smallest absolute Gasteiger partial charge is 0.394 e. The summed E-state index contributed by atoms with van der Waals surface area (Å²) in [5.41, 5.74) is 0. The first-order valence-corrected chi connectivity index (χ1v) is 4.90. The topological polar surface area (TPSA) is 79.1 Å². The van der Waals surface area contributed by atoms with Crippen molar-refractivity contribution in [2.75, 3.05) is 13.1 Å². The molecule has 0 saturated carbocycles.